The average molecular weight is 517 g/mol. The first kappa shape index (κ1) is 24.7. The summed E-state index contributed by atoms with van der Waals surface area (Å²) in [4.78, 5) is 21.3. The molecule has 1 amide bonds. The number of para-hydroxylation sites is 2. The van der Waals surface area contributed by atoms with Crippen LogP contribution in [0.25, 0.3) is 6.08 Å². The van der Waals surface area contributed by atoms with Gasteiger partial charge < -0.3 is 4.74 Å². The zero-order valence-corrected chi connectivity index (χ0v) is 21.8. The number of aliphatic imine (C=N–C) groups is 1. The summed E-state index contributed by atoms with van der Waals surface area (Å²) in [5.41, 5.74) is 2.71. The lowest BCUT2D eigenvalue weighted by atomic mass is 9.85. The molecule has 3 aromatic carbocycles. The molecule has 3 aromatic rings. The lowest BCUT2D eigenvalue weighted by Gasteiger charge is -2.35. The zero-order valence-electron chi connectivity index (χ0n) is 20.3. The summed E-state index contributed by atoms with van der Waals surface area (Å²) in [5.74, 6) is 1.19. The number of hydrogen-bond acceptors (Lipinski definition) is 4. The van der Waals surface area contributed by atoms with E-state index in [1.54, 1.807) is 0 Å². The van der Waals surface area contributed by atoms with Crippen LogP contribution in [0.5, 0.6) is 5.75 Å². The smallest absolute Gasteiger partial charge is 0.267 e. The van der Waals surface area contributed by atoms with E-state index in [9.17, 15) is 4.79 Å². The van der Waals surface area contributed by atoms with Gasteiger partial charge in [0.25, 0.3) is 5.91 Å². The minimum absolute atomic E-state index is 0.0260. The van der Waals surface area contributed by atoms with Gasteiger partial charge in [0.15, 0.2) is 5.17 Å². The summed E-state index contributed by atoms with van der Waals surface area (Å²) in [6.45, 7) is 2.65. The molecule has 36 heavy (non-hydrogen) atoms. The molecule has 1 aliphatic carbocycles. The molecule has 0 N–H and O–H groups in total. The fourth-order valence-corrected chi connectivity index (χ4v) is 6.06. The topological polar surface area (TPSA) is 41.9 Å². The molecule has 184 valence electrons. The molecular weight excluding hydrogens is 488 g/mol. The Bertz CT molecular complexity index is 1290. The molecule has 2 aliphatic rings. The summed E-state index contributed by atoms with van der Waals surface area (Å²) in [6, 6.07) is 25.5. The van der Waals surface area contributed by atoms with Crippen molar-refractivity contribution in [3.63, 3.8) is 0 Å². The number of carbonyl (C=O) groups excluding carboxylic acids is 1. The van der Waals surface area contributed by atoms with Crippen molar-refractivity contribution in [2.45, 2.75) is 45.3 Å². The van der Waals surface area contributed by atoms with Gasteiger partial charge in [0.05, 0.1) is 10.6 Å². The summed E-state index contributed by atoms with van der Waals surface area (Å²) >= 11 is 7.58. The normalized spacial score (nSPS) is 22.4. The number of halogens is 1. The highest BCUT2D eigenvalue weighted by molar-refractivity contribution is 8.18. The van der Waals surface area contributed by atoms with E-state index in [1.807, 2.05) is 89.8 Å². The SMILES string of the molecule is C[C@H]1CCCC[C@H]1N1C(=O)/C(=C/c2ccccc2OCc2cccc(Cl)c2)SC1=Nc1ccccc1. The predicted molar refractivity (Wildman–Crippen MR) is 150 cm³/mol. The third-order valence-corrected chi connectivity index (χ3v) is 7.92. The lowest BCUT2D eigenvalue weighted by molar-refractivity contribution is -0.124. The number of rotatable bonds is 6. The third-order valence-electron chi connectivity index (χ3n) is 6.70. The first-order chi connectivity index (χ1) is 17.6. The fourth-order valence-electron chi connectivity index (χ4n) is 4.81. The Labute approximate surface area is 222 Å². The van der Waals surface area contributed by atoms with E-state index in [2.05, 4.69) is 6.92 Å². The number of nitrogens with zero attached hydrogens (tertiary/aromatic N) is 2. The maximum atomic E-state index is 13.8. The molecule has 0 unspecified atom stereocenters. The molecule has 1 aliphatic heterocycles. The van der Waals surface area contributed by atoms with E-state index in [0.717, 1.165) is 47.0 Å². The van der Waals surface area contributed by atoms with Crippen LogP contribution in [0.3, 0.4) is 0 Å². The molecule has 2 fully saturated rings. The van der Waals surface area contributed by atoms with Crippen LogP contribution in [0.15, 0.2) is 88.8 Å². The van der Waals surface area contributed by atoms with Crippen LogP contribution in [0.1, 0.15) is 43.7 Å². The van der Waals surface area contributed by atoms with Crippen molar-refractivity contribution >= 4 is 46.2 Å². The molecule has 0 bridgehead atoms. The number of hydrogen-bond donors (Lipinski definition) is 0. The van der Waals surface area contributed by atoms with Gasteiger partial charge in [-0.15, -0.1) is 0 Å². The quantitative estimate of drug-likeness (QED) is 0.311. The van der Waals surface area contributed by atoms with Gasteiger partial charge in [-0.05, 0) is 72.5 Å². The van der Waals surface area contributed by atoms with Gasteiger partial charge >= 0.3 is 0 Å². The second-order valence-electron chi connectivity index (χ2n) is 9.30. The van der Waals surface area contributed by atoms with Crippen molar-refractivity contribution in [2.75, 3.05) is 0 Å². The Morgan fingerprint density at radius 1 is 1.03 bits per heavy atom. The second kappa shape index (κ2) is 11.4. The van der Waals surface area contributed by atoms with E-state index in [-0.39, 0.29) is 11.9 Å². The molecule has 0 radical (unpaired) electrons. The van der Waals surface area contributed by atoms with Crippen LogP contribution in [0.2, 0.25) is 5.02 Å². The van der Waals surface area contributed by atoms with E-state index in [1.165, 1.54) is 18.2 Å². The standard InChI is InChI=1S/C30H29ClN2O2S/c1-21-10-5-7-16-26(21)33-29(34)28(36-30(33)32-25-14-3-2-4-15-25)19-23-12-6-8-17-27(23)35-20-22-11-9-13-24(31)18-22/h2-4,6,8-9,11-15,17-19,21,26H,5,7,10,16,20H2,1H3/b28-19-,32-30?/t21-,26+/m0/s1. The Hall–Kier alpha value is -3.02. The van der Waals surface area contributed by atoms with Crippen molar-refractivity contribution in [3.05, 3.63) is 99.9 Å². The number of amidine groups is 1. The van der Waals surface area contributed by atoms with Gasteiger partial charge in [-0.1, -0.05) is 79.9 Å². The molecule has 6 heteroatoms. The molecule has 0 aromatic heterocycles. The highest BCUT2D eigenvalue weighted by atomic mass is 35.5. The number of carbonyl (C=O) groups is 1. The first-order valence-electron chi connectivity index (χ1n) is 12.4. The molecule has 4 nitrogen and oxygen atoms in total. The van der Waals surface area contributed by atoms with Crippen LogP contribution in [0.4, 0.5) is 5.69 Å². The number of amides is 1. The van der Waals surface area contributed by atoms with Gasteiger partial charge in [0.1, 0.15) is 12.4 Å². The first-order valence-corrected chi connectivity index (χ1v) is 13.6. The van der Waals surface area contributed by atoms with E-state index in [0.29, 0.717) is 22.5 Å². The minimum atomic E-state index is 0.0260. The van der Waals surface area contributed by atoms with Crippen LogP contribution >= 0.6 is 23.4 Å². The number of ether oxygens (including phenoxy) is 1. The molecule has 1 saturated carbocycles. The molecule has 2 atom stereocenters. The van der Waals surface area contributed by atoms with Gasteiger partial charge in [0, 0.05) is 16.6 Å². The van der Waals surface area contributed by atoms with E-state index >= 15 is 0 Å². The van der Waals surface area contributed by atoms with Crippen molar-refractivity contribution in [1.82, 2.24) is 4.90 Å². The number of benzene rings is 3. The Kier molecular flexibility index (Phi) is 7.78. The predicted octanol–water partition coefficient (Wildman–Crippen LogP) is 8.10. The average Bonchev–Trinajstić information content (AvgIpc) is 3.18. The summed E-state index contributed by atoms with van der Waals surface area (Å²) < 4.78 is 6.14. The minimum Gasteiger partial charge on any atom is -0.488 e. The highest BCUT2D eigenvalue weighted by Gasteiger charge is 2.41. The summed E-state index contributed by atoms with van der Waals surface area (Å²) in [5, 5.41) is 1.44. The Morgan fingerprint density at radius 3 is 2.61 bits per heavy atom. The Balaban J connectivity index is 1.45. The van der Waals surface area contributed by atoms with Gasteiger partial charge in [0.2, 0.25) is 0 Å². The van der Waals surface area contributed by atoms with E-state index in [4.69, 9.17) is 21.3 Å². The third kappa shape index (κ3) is 5.69. The maximum absolute atomic E-state index is 13.8. The van der Waals surface area contributed by atoms with Crippen molar-refractivity contribution in [3.8, 4) is 5.75 Å². The highest BCUT2D eigenvalue weighted by Crippen LogP contribution is 2.40. The molecule has 1 heterocycles. The van der Waals surface area contributed by atoms with Crippen LogP contribution in [-0.2, 0) is 11.4 Å². The lowest BCUT2D eigenvalue weighted by Crippen LogP contribution is -2.44. The van der Waals surface area contributed by atoms with Crippen LogP contribution < -0.4 is 4.74 Å². The fraction of sp³-hybridized carbons (Fsp3) is 0.267. The molecule has 5 rings (SSSR count). The summed E-state index contributed by atoms with van der Waals surface area (Å²) in [6.07, 6.45) is 6.44. The van der Waals surface area contributed by atoms with Gasteiger partial charge in [-0.3, -0.25) is 9.69 Å². The van der Waals surface area contributed by atoms with Crippen molar-refractivity contribution in [2.24, 2.45) is 10.9 Å². The zero-order chi connectivity index (χ0) is 24.9. The molecule has 0 spiro atoms. The van der Waals surface area contributed by atoms with Crippen LogP contribution in [0, 0.1) is 5.92 Å². The second-order valence-corrected chi connectivity index (χ2v) is 10.7. The monoisotopic (exact) mass is 516 g/mol. The van der Waals surface area contributed by atoms with Crippen molar-refractivity contribution in [1.29, 1.82) is 0 Å². The van der Waals surface area contributed by atoms with Gasteiger partial charge in [-0.2, -0.15) is 0 Å². The Morgan fingerprint density at radius 2 is 1.81 bits per heavy atom. The molecule has 1 saturated heterocycles. The largest absolute Gasteiger partial charge is 0.488 e. The summed E-state index contributed by atoms with van der Waals surface area (Å²) in [7, 11) is 0. The van der Waals surface area contributed by atoms with Gasteiger partial charge in [-0.25, -0.2) is 4.99 Å². The molecular formula is C30H29ClN2O2S. The van der Waals surface area contributed by atoms with Crippen LogP contribution in [-0.4, -0.2) is 22.0 Å². The van der Waals surface area contributed by atoms with Crippen molar-refractivity contribution < 1.29 is 9.53 Å². The van der Waals surface area contributed by atoms with E-state index < -0.39 is 0 Å². The number of thioether (sulfide) groups is 1. The maximum Gasteiger partial charge on any atom is 0.267 e.